The van der Waals surface area contributed by atoms with Gasteiger partial charge in [-0.3, -0.25) is 5.84 Å². The van der Waals surface area contributed by atoms with Crippen LogP contribution in [0.4, 0.5) is 5.69 Å². The van der Waals surface area contributed by atoms with Gasteiger partial charge in [0.1, 0.15) is 5.76 Å². The second-order valence-corrected chi connectivity index (χ2v) is 6.21. The molecule has 8 nitrogen and oxygen atoms in total. The van der Waals surface area contributed by atoms with Crippen molar-refractivity contribution < 1.29 is 12.9 Å². The highest BCUT2D eigenvalue weighted by molar-refractivity contribution is 7.89. The molecule has 0 saturated carbocycles. The van der Waals surface area contributed by atoms with E-state index in [0.29, 0.717) is 17.0 Å². The minimum atomic E-state index is -3.83. The monoisotopic (exact) mass is 311 g/mol. The number of nitrogen functional groups attached to an aromatic ring is 1. The number of aryl methyl sites for hydroxylation is 2. The molecule has 0 radical (unpaired) electrons. The minimum Gasteiger partial charge on any atom is -0.361 e. The molecule has 2 aromatic rings. The van der Waals surface area contributed by atoms with Crippen LogP contribution in [0.2, 0.25) is 0 Å². The Bertz CT molecular complexity index is 722. The Balaban J connectivity index is 2.34. The summed E-state index contributed by atoms with van der Waals surface area (Å²) in [6, 6.07) is 2.61. The summed E-state index contributed by atoms with van der Waals surface area (Å²) in [5.74, 6) is 5.88. The second kappa shape index (κ2) is 5.80. The molecule has 0 spiro atoms. The van der Waals surface area contributed by atoms with Crippen molar-refractivity contribution in [2.24, 2.45) is 5.84 Å². The molecule has 0 aromatic carbocycles. The molecule has 0 aliphatic heterocycles. The summed E-state index contributed by atoms with van der Waals surface area (Å²) in [5.41, 5.74) is 3.88. The zero-order chi connectivity index (χ0) is 15.6. The molecular weight excluding hydrogens is 294 g/mol. The van der Waals surface area contributed by atoms with Crippen LogP contribution in [-0.4, -0.2) is 18.6 Å². The van der Waals surface area contributed by atoms with E-state index >= 15 is 0 Å². The van der Waals surface area contributed by atoms with E-state index in [-0.39, 0.29) is 10.7 Å². The van der Waals surface area contributed by atoms with Crippen LogP contribution in [0.3, 0.4) is 0 Å². The van der Waals surface area contributed by atoms with Crippen LogP contribution in [0.15, 0.2) is 27.9 Å². The number of aromatic nitrogens is 2. The van der Waals surface area contributed by atoms with Gasteiger partial charge in [0.2, 0.25) is 0 Å². The van der Waals surface area contributed by atoms with Crippen molar-refractivity contribution in [2.45, 2.75) is 31.8 Å². The van der Waals surface area contributed by atoms with Crippen molar-refractivity contribution in [3.05, 3.63) is 35.3 Å². The van der Waals surface area contributed by atoms with E-state index in [1.807, 2.05) is 0 Å². The highest BCUT2D eigenvalue weighted by Crippen LogP contribution is 2.24. The number of hydrogen-bond acceptors (Lipinski definition) is 7. The molecule has 2 heterocycles. The lowest BCUT2D eigenvalue weighted by Gasteiger charge is -2.15. The molecule has 4 N–H and O–H groups in total. The van der Waals surface area contributed by atoms with E-state index in [1.54, 1.807) is 26.8 Å². The third-order valence-corrected chi connectivity index (χ3v) is 4.53. The van der Waals surface area contributed by atoms with Gasteiger partial charge in [-0.1, -0.05) is 5.16 Å². The molecule has 114 valence electrons. The molecule has 2 rings (SSSR count). The van der Waals surface area contributed by atoms with E-state index in [1.165, 1.54) is 12.3 Å². The van der Waals surface area contributed by atoms with Crippen molar-refractivity contribution in [3.8, 4) is 0 Å². The van der Waals surface area contributed by atoms with Crippen molar-refractivity contribution in [2.75, 3.05) is 5.43 Å². The molecule has 0 saturated heterocycles. The van der Waals surface area contributed by atoms with Gasteiger partial charge in [0, 0.05) is 17.8 Å². The number of anilines is 1. The van der Waals surface area contributed by atoms with Crippen LogP contribution in [0, 0.1) is 13.8 Å². The predicted molar refractivity (Wildman–Crippen MR) is 76.8 cm³/mol. The van der Waals surface area contributed by atoms with Crippen LogP contribution < -0.4 is 16.0 Å². The lowest BCUT2D eigenvalue weighted by Crippen LogP contribution is -2.29. The molecule has 21 heavy (non-hydrogen) atoms. The summed E-state index contributed by atoms with van der Waals surface area (Å²) in [4.78, 5) is 3.87. The van der Waals surface area contributed by atoms with Crippen LogP contribution >= 0.6 is 0 Å². The number of nitrogens with zero attached hydrogens (tertiary/aromatic N) is 2. The normalized spacial score (nSPS) is 13.1. The number of sulfonamides is 1. The Kier molecular flexibility index (Phi) is 4.26. The average molecular weight is 311 g/mol. The van der Waals surface area contributed by atoms with Crippen LogP contribution in [0.5, 0.6) is 0 Å². The fraction of sp³-hybridized carbons (Fsp3) is 0.333. The van der Waals surface area contributed by atoms with E-state index in [4.69, 9.17) is 10.4 Å². The molecule has 0 fully saturated rings. The third-order valence-electron chi connectivity index (χ3n) is 3.03. The van der Waals surface area contributed by atoms with Crippen molar-refractivity contribution in [3.63, 3.8) is 0 Å². The SMILES string of the molecule is Cc1noc(C)c1C(C)NS(=O)(=O)c1ncccc1NN. The van der Waals surface area contributed by atoms with E-state index in [9.17, 15) is 8.42 Å². The molecule has 0 aliphatic rings. The second-order valence-electron chi connectivity index (χ2n) is 4.58. The maximum atomic E-state index is 12.4. The molecule has 1 atom stereocenters. The van der Waals surface area contributed by atoms with Crippen molar-refractivity contribution in [1.82, 2.24) is 14.9 Å². The Labute approximate surface area is 122 Å². The molecular formula is C12H17N5O3S. The number of nitrogens with one attached hydrogen (secondary N) is 2. The predicted octanol–water partition coefficient (Wildman–Crippen LogP) is 1.01. The number of pyridine rings is 1. The fourth-order valence-corrected chi connectivity index (χ4v) is 3.48. The Morgan fingerprint density at radius 3 is 2.67 bits per heavy atom. The third kappa shape index (κ3) is 3.04. The van der Waals surface area contributed by atoms with Crippen molar-refractivity contribution >= 4 is 15.7 Å². The molecule has 1 unspecified atom stereocenters. The first-order valence-corrected chi connectivity index (χ1v) is 7.72. The van der Waals surface area contributed by atoms with Crippen molar-refractivity contribution in [1.29, 1.82) is 0 Å². The highest BCUT2D eigenvalue weighted by Gasteiger charge is 2.25. The largest absolute Gasteiger partial charge is 0.361 e. The zero-order valence-corrected chi connectivity index (χ0v) is 12.7. The summed E-state index contributed by atoms with van der Waals surface area (Å²) in [6.45, 7) is 5.20. The van der Waals surface area contributed by atoms with E-state index in [0.717, 1.165) is 0 Å². The highest BCUT2D eigenvalue weighted by atomic mass is 32.2. The van der Waals surface area contributed by atoms with Gasteiger partial charge < -0.3 is 9.95 Å². The molecule has 0 bridgehead atoms. The average Bonchev–Trinajstić information content (AvgIpc) is 2.77. The Morgan fingerprint density at radius 2 is 2.10 bits per heavy atom. The summed E-state index contributed by atoms with van der Waals surface area (Å²) < 4.78 is 32.4. The van der Waals surface area contributed by atoms with Gasteiger partial charge in [0.15, 0.2) is 5.03 Å². The Hall–Kier alpha value is -1.97. The minimum absolute atomic E-state index is 0.161. The van der Waals surface area contributed by atoms with E-state index < -0.39 is 16.1 Å². The molecule has 0 amide bonds. The lowest BCUT2D eigenvalue weighted by atomic mass is 10.1. The molecule has 9 heteroatoms. The number of hydrogen-bond donors (Lipinski definition) is 3. The maximum absolute atomic E-state index is 12.4. The van der Waals surface area contributed by atoms with Crippen LogP contribution in [0.1, 0.15) is 30.0 Å². The molecule has 0 aliphatic carbocycles. The smallest absolute Gasteiger partial charge is 0.260 e. The standard InChI is InChI=1S/C12H17N5O3S/c1-7-11(9(3)20-16-7)8(2)17-21(18,19)12-10(15-13)5-4-6-14-12/h4-6,8,15,17H,13H2,1-3H3. The summed E-state index contributed by atoms with van der Waals surface area (Å²) >= 11 is 0. The number of nitrogens with two attached hydrogens (primary N) is 1. The van der Waals surface area contributed by atoms with Crippen LogP contribution in [-0.2, 0) is 10.0 Å². The van der Waals surface area contributed by atoms with Gasteiger partial charge in [-0.25, -0.2) is 18.1 Å². The van der Waals surface area contributed by atoms with Gasteiger partial charge in [-0.05, 0) is 32.9 Å². The first-order valence-electron chi connectivity index (χ1n) is 6.23. The fourth-order valence-electron chi connectivity index (χ4n) is 2.17. The quantitative estimate of drug-likeness (QED) is 0.556. The van der Waals surface area contributed by atoms with Gasteiger partial charge in [-0.15, -0.1) is 0 Å². The molecule has 2 aromatic heterocycles. The summed E-state index contributed by atoms with van der Waals surface area (Å²) in [5, 5.41) is 3.65. The first kappa shape index (κ1) is 15.4. The summed E-state index contributed by atoms with van der Waals surface area (Å²) in [6.07, 6.45) is 1.38. The lowest BCUT2D eigenvalue weighted by molar-refractivity contribution is 0.391. The van der Waals surface area contributed by atoms with Crippen LogP contribution in [0.25, 0.3) is 0 Å². The number of rotatable bonds is 5. The van der Waals surface area contributed by atoms with Gasteiger partial charge in [0.05, 0.1) is 11.4 Å². The van der Waals surface area contributed by atoms with E-state index in [2.05, 4.69) is 20.3 Å². The first-order chi connectivity index (χ1) is 9.86. The Morgan fingerprint density at radius 1 is 1.38 bits per heavy atom. The topological polar surface area (TPSA) is 123 Å². The number of hydrazine groups is 1. The van der Waals surface area contributed by atoms with Gasteiger partial charge in [0.25, 0.3) is 10.0 Å². The van der Waals surface area contributed by atoms with Gasteiger partial charge >= 0.3 is 0 Å². The zero-order valence-electron chi connectivity index (χ0n) is 11.9. The van der Waals surface area contributed by atoms with Gasteiger partial charge in [-0.2, -0.15) is 0 Å². The summed E-state index contributed by atoms with van der Waals surface area (Å²) in [7, 11) is -3.83. The maximum Gasteiger partial charge on any atom is 0.260 e.